The molecular formula is C13H13ClN2O3. The zero-order valence-corrected chi connectivity index (χ0v) is 11.0. The number of carbonyl (C=O) groups is 1. The summed E-state index contributed by atoms with van der Waals surface area (Å²) in [5.74, 6) is -1.49. The Labute approximate surface area is 115 Å². The number of aliphatic carboxylic acids is 1. The quantitative estimate of drug-likeness (QED) is 0.845. The topological polar surface area (TPSA) is 75.3 Å². The van der Waals surface area contributed by atoms with Gasteiger partial charge in [-0.15, -0.1) is 9.94 Å². The monoisotopic (exact) mass is 280 g/mol. The first kappa shape index (κ1) is 13.4. The van der Waals surface area contributed by atoms with Crippen LogP contribution in [0.5, 0.6) is 0 Å². The molecule has 2 aromatic rings. The van der Waals surface area contributed by atoms with E-state index in [1.165, 1.54) is 0 Å². The van der Waals surface area contributed by atoms with Crippen molar-refractivity contribution in [2.45, 2.75) is 13.3 Å². The third kappa shape index (κ3) is 3.06. The molecule has 1 aromatic heterocycles. The standard InChI is InChI=1S/C13H13ClN2O3/c1-8(13(17)18)6-11-7-12(15-16(11)19)9-2-4-10(14)5-3-9/h2-5,7-8,19H,6H2,1H3,(H,17,18). The van der Waals surface area contributed by atoms with Crippen LogP contribution >= 0.6 is 11.6 Å². The summed E-state index contributed by atoms with van der Waals surface area (Å²) in [5, 5.41) is 23.1. The minimum Gasteiger partial charge on any atom is -0.481 e. The predicted octanol–water partition coefficient (Wildman–Crippen LogP) is 2.70. The van der Waals surface area contributed by atoms with Crippen molar-refractivity contribution in [3.05, 3.63) is 41.0 Å². The van der Waals surface area contributed by atoms with Crippen LogP contribution in [0.2, 0.25) is 5.02 Å². The molecule has 0 spiro atoms. The van der Waals surface area contributed by atoms with Crippen molar-refractivity contribution < 1.29 is 15.1 Å². The van der Waals surface area contributed by atoms with E-state index in [0.29, 0.717) is 16.4 Å². The molecule has 5 nitrogen and oxygen atoms in total. The molecule has 0 aliphatic heterocycles. The normalized spacial score (nSPS) is 12.3. The molecule has 1 unspecified atom stereocenters. The van der Waals surface area contributed by atoms with Crippen LogP contribution in [0.25, 0.3) is 11.3 Å². The molecule has 1 aromatic carbocycles. The van der Waals surface area contributed by atoms with Crippen molar-refractivity contribution in [3.8, 4) is 11.3 Å². The molecule has 0 aliphatic carbocycles. The van der Waals surface area contributed by atoms with Gasteiger partial charge >= 0.3 is 5.97 Å². The minimum absolute atomic E-state index is 0.215. The molecule has 0 saturated heterocycles. The molecule has 0 aliphatic rings. The minimum atomic E-state index is -0.908. The van der Waals surface area contributed by atoms with Gasteiger partial charge < -0.3 is 10.3 Å². The fourth-order valence-corrected chi connectivity index (χ4v) is 1.84. The highest BCUT2D eigenvalue weighted by molar-refractivity contribution is 6.30. The van der Waals surface area contributed by atoms with E-state index >= 15 is 0 Å². The van der Waals surface area contributed by atoms with Crippen molar-refractivity contribution in [3.63, 3.8) is 0 Å². The molecule has 100 valence electrons. The van der Waals surface area contributed by atoms with E-state index in [4.69, 9.17) is 16.7 Å². The summed E-state index contributed by atoms with van der Waals surface area (Å²) >= 11 is 5.80. The van der Waals surface area contributed by atoms with E-state index in [-0.39, 0.29) is 6.42 Å². The van der Waals surface area contributed by atoms with Gasteiger partial charge in [-0.2, -0.15) is 0 Å². The zero-order chi connectivity index (χ0) is 14.0. The molecule has 2 N–H and O–H groups in total. The van der Waals surface area contributed by atoms with Crippen LogP contribution in [-0.2, 0) is 11.2 Å². The van der Waals surface area contributed by atoms with Crippen LogP contribution in [-0.4, -0.2) is 26.2 Å². The van der Waals surface area contributed by atoms with E-state index in [2.05, 4.69) is 5.10 Å². The number of nitrogens with zero attached hydrogens (tertiary/aromatic N) is 2. The predicted molar refractivity (Wildman–Crippen MR) is 70.4 cm³/mol. The second-order valence-electron chi connectivity index (χ2n) is 4.36. The summed E-state index contributed by atoms with van der Waals surface area (Å²) in [7, 11) is 0. The Balaban J connectivity index is 2.25. The summed E-state index contributed by atoms with van der Waals surface area (Å²) in [6.07, 6.45) is 0.215. The first-order chi connectivity index (χ1) is 8.97. The number of carboxylic acids is 1. The molecule has 2 rings (SSSR count). The van der Waals surface area contributed by atoms with Crippen molar-refractivity contribution in [1.29, 1.82) is 0 Å². The molecule has 0 fully saturated rings. The van der Waals surface area contributed by atoms with Gasteiger partial charge in [0.05, 0.1) is 17.3 Å². The fourth-order valence-electron chi connectivity index (χ4n) is 1.71. The summed E-state index contributed by atoms with van der Waals surface area (Å²) in [4.78, 5) is 11.5. The van der Waals surface area contributed by atoms with Crippen LogP contribution in [0.4, 0.5) is 0 Å². The molecule has 19 heavy (non-hydrogen) atoms. The lowest BCUT2D eigenvalue weighted by Gasteiger charge is -2.03. The van der Waals surface area contributed by atoms with E-state index < -0.39 is 11.9 Å². The van der Waals surface area contributed by atoms with Crippen molar-refractivity contribution >= 4 is 17.6 Å². The third-order valence-electron chi connectivity index (χ3n) is 2.84. The first-order valence-corrected chi connectivity index (χ1v) is 6.12. The molecule has 6 heteroatoms. The lowest BCUT2D eigenvalue weighted by Crippen LogP contribution is -2.14. The SMILES string of the molecule is CC(Cc1cc(-c2ccc(Cl)cc2)nn1O)C(=O)O. The zero-order valence-electron chi connectivity index (χ0n) is 10.2. The van der Waals surface area contributed by atoms with Crippen molar-refractivity contribution in [2.75, 3.05) is 0 Å². The Morgan fingerprint density at radius 2 is 2.05 bits per heavy atom. The smallest absolute Gasteiger partial charge is 0.306 e. The molecular weight excluding hydrogens is 268 g/mol. The highest BCUT2D eigenvalue weighted by atomic mass is 35.5. The van der Waals surface area contributed by atoms with E-state index in [9.17, 15) is 10.0 Å². The van der Waals surface area contributed by atoms with Crippen LogP contribution in [0.1, 0.15) is 12.6 Å². The fraction of sp³-hybridized carbons (Fsp3) is 0.231. The Hall–Kier alpha value is -2.01. The van der Waals surface area contributed by atoms with E-state index in [1.54, 1.807) is 37.3 Å². The number of halogens is 1. The molecule has 1 heterocycles. The van der Waals surface area contributed by atoms with Crippen LogP contribution in [0, 0.1) is 5.92 Å². The van der Waals surface area contributed by atoms with Crippen molar-refractivity contribution in [1.82, 2.24) is 9.94 Å². The van der Waals surface area contributed by atoms with Crippen LogP contribution in [0.3, 0.4) is 0 Å². The summed E-state index contributed by atoms with van der Waals surface area (Å²) < 4.78 is 0. The number of benzene rings is 1. The largest absolute Gasteiger partial charge is 0.481 e. The number of aromatic nitrogens is 2. The second kappa shape index (κ2) is 5.32. The number of hydrogen-bond donors (Lipinski definition) is 2. The number of rotatable bonds is 4. The summed E-state index contributed by atoms with van der Waals surface area (Å²) in [6, 6.07) is 8.70. The Kier molecular flexibility index (Phi) is 3.76. The third-order valence-corrected chi connectivity index (χ3v) is 3.09. The van der Waals surface area contributed by atoms with E-state index in [1.807, 2.05) is 0 Å². The Bertz CT molecular complexity index is 592. The average Bonchev–Trinajstić information content (AvgIpc) is 2.71. The van der Waals surface area contributed by atoms with Gasteiger partial charge in [-0.1, -0.05) is 30.7 Å². The first-order valence-electron chi connectivity index (χ1n) is 5.74. The Morgan fingerprint density at radius 1 is 1.42 bits per heavy atom. The van der Waals surface area contributed by atoms with Gasteiger partial charge in [0.25, 0.3) is 0 Å². The average molecular weight is 281 g/mol. The van der Waals surface area contributed by atoms with Gasteiger partial charge in [0, 0.05) is 17.0 Å². The van der Waals surface area contributed by atoms with Gasteiger partial charge in [-0.3, -0.25) is 4.79 Å². The van der Waals surface area contributed by atoms with Gasteiger partial charge in [0.1, 0.15) is 0 Å². The van der Waals surface area contributed by atoms with Gasteiger partial charge in [-0.05, 0) is 18.2 Å². The summed E-state index contributed by atoms with van der Waals surface area (Å²) in [6.45, 7) is 1.58. The highest BCUT2D eigenvalue weighted by Gasteiger charge is 2.16. The van der Waals surface area contributed by atoms with Gasteiger partial charge in [0.2, 0.25) is 0 Å². The molecule has 0 saturated carbocycles. The van der Waals surface area contributed by atoms with Crippen molar-refractivity contribution in [2.24, 2.45) is 5.92 Å². The highest BCUT2D eigenvalue weighted by Crippen LogP contribution is 2.22. The van der Waals surface area contributed by atoms with Crippen LogP contribution in [0.15, 0.2) is 30.3 Å². The maximum atomic E-state index is 10.8. The number of carboxylic acid groups (broad SMARTS) is 1. The maximum absolute atomic E-state index is 10.8. The molecule has 0 radical (unpaired) electrons. The number of hydrogen-bond acceptors (Lipinski definition) is 3. The molecule has 0 amide bonds. The molecule has 1 atom stereocenters. The van der Waals surface area contributed by atoms with E-state index in [0.717, 1.165) is 10.4 Å². The van der Waals surface area contributed by atoms with Gasteiger partial charge in [-0.25, -0.2) is 0 Å². The lowest BCUT2D eigenvalue weighted by atomic mass is 10.1. The molecule has 0 bridgehead atoms. The Morgan fingerprint density at radius 3 is 2.63 bits per heavy atom. The maximum Gasteiger partial charge on any atom is 0.306 e. The van der Waals surface area contributed by atoms with Crippen LogP contribution < -0.4 is 0 Å². The second-order valence-corrected chi connectivity index (χ2v) is 4.80. The lowest BCUT2D eigenvalue weighted by molar-refractivity contribution is -0.141. The summed E-state index contributed by atoms with van der Waals surface area (Å²) in [5.41, 5.74) is 1.84. The van der Waals surface area contributed by atoms with Gasteiger partial charge in [0.15, 0.2) is 0 Å².